The van der Waals surface area contributed by atoms with Crippen LogP contribution in [0.5, 0.6) is 0 Å². The molecule has 2 saturated heterocycles. The molecule has 2 aromatic heterocycles. The minimum atomic E-state index is -0.267. The van der Waals surface area contributed by atoms with Gasteiger partial charge in [-0.2, -0.15) is 0 Å². The molecule has 0 aliphatic carbocycles. The molecule has 1 atom stereocenters. The third-order valence-corrected chi connectivity index (χ3v) is 7.74. The number of nitrogens with zero attached hydrogens (tertiary/aromatic N) is 4. The Hall–Kier alpha value is -2.81. The van der Waals surface area contributed by atoms with E-state index in [0.29, 0.717) is 24.0 Å². The van der Waals surface area contributed by atoms with Gasteiger partial charge in [-0.1, -0.05) is 25.1 Å². The highest BCUT2D eigenvalue weighted by atomic mass is 16.7. The Kier molecular flexibility index (Phi) is 9.38. The Morgan fingerprint density at radius 1 is 1.13 bits per heavy atom. The molecule has 8 heteroatoms. The Morgan fingerprint density at radius 3 is 2.71 bits per heavy atom. The van der Waals surface area contributed by atoms with Crippen LogP contribution >= 0.6 is 0 Å². The molecule has 0 radical (unpaired) electrons. The van der Waals surface area contributed by atoms with Crippen molar-refractivity contribution in [2.45, 2.75) is 64.7 Å². The molecule has 1 aromatic carbocycles. The summed E-state index contributed by atoms with van der Waals surface area (Å²) in [5.41, 5.74) is 3.27. The van der Waals surface area contributed by atoms with Crippen LogP contribution in [-0.2, 0) is 22.4 Å². The van der Waals surface area contributed by atoms with Crippen molar-refractivity contribution in [1.82, 2.24) is 19.9 Å². The number of rotatable bonds is 12. The number of aromatic nitrogens is 3. The second kappa shape index (κ2) is 13.3. The van der Waals surface area contributed by atoms with E-state index in [2.05, 4.69) is 62.1 Å². The summed E-state index contributed by atoms with van der Waals surface area (Å²) in [5.74, 6) is 1.26. The van der Waals surface area contributed by atoms with Crippen molar-refractivity contribution in [3.8, 4) is 0 Å². The van der Waals surface area contributed by atoms with Crippen LogP contribution < -0.4 is 10.2 Å². The molecule has 2 aliphatic heterocycles. The Morgan fingerprint density at radius 2 is 1.95 bits per heavy atom. The van der Waals surface area contributed by atoms with Crippen LogP contribution in [0.4, 0.5) is 5.95 Å². The summed E-state index contributed by atoms with van der Waals surface area (Å²) >= 11 is 0. The largest absolute Gasteiger partial charge is 0.353 e. The Labute approximate surface area is 225 Å². The van der Waals surface area contributed by atoms with Crippen LogP contribution in [0.25, 0.3) is 10.9 Å². The topological polar surface area (TPSA) is 81.5 Å². The van der Waals surface area contributed by atoms with Gasteiger partial charge in [-0.25, -0.2) is 9.97 Å². The van der Waals surface area contributed by atoms with Gasteiger partial charge in [0.15, 0.2) is 12.1 Å². The molecule has 0 amide bonds. The molecule has 2 aliphatic rings. The minimum absolute atomic E-state index is 0.00651. The molecular weight excluding hydrogens is 478 g/mol. The van der Waals surface area contributed by atoms with Crippen molar-refractivity contribution in [1.29, 1.82) is 0 Å². The predicted octanol–water partition coefficient (Wildman–Crippen LogP) is 4.62. The van der Waals surface area contributed by atoms with Crippen LogP contribution in [0.3, 0.4) is 0 Å². The summed E-state index contributed by atoms with van der Waals surface area (Å²) in [4.78, 5) is 23.6. The van der Waals surface area contributed by atoms with Gasteiger partial charge in [0.2, 0.25) is 5.95 Å². The first-order valence-corrected chi connectivity index (χ1v) is 14.3. The number of Topliss-reactive ketones (excluding diaryl/α,β-unsaturated/α-hetero) is 1. The van der Waals surface area contributed by atoms with E-state index in [4.69, 9.17) is 9.47 Å². The van der Waals surface area contributed by atoms with E-state index in [9.17, 15) is 4.79 Å². The number of fused-ring (bicyclic) bond motifs is 1. The number of hydrogen-bond donors (Lipinski definition) is 1. The molecule has 204 valence electrons. The predicted molar refractivity (Wildman–Crippen MR) is 150 cm³/mol. The Balaban J connectivity index is 1.02. The van der Waals surface area contributed by atoms with Gasteiger partial charge < -0.3 is 24.3 Å². The molecule has 8 nitrogen and oxygen atoms in total. The molecule has 4 heterocycles. The van der Waals surface area contributed by atoms with Gasteiger partial charge in [0, 0.05) is 55.7 Å². The lowest BCUT2D eigenvalue weighted by atomic mass is 9.97. The number of ether oxygens (including phenoxy) is 2. The van der Waals surface area contributed by atoms with Gasteiger partial charge in [0.05, 0.1) is 5.56 Å². The second-order valence-electron chi connectivity index (χ2n) is 10.6. The third kappa shape index (κ3) is 6.79. The van der Waals surface area contributed by atoms with Crippen molar-refractivity contribution in [2.75, 3.05) is 44.3 Å². The second-order valence-corrected chi connectivity index (χ2v) is 10.6. The average molecular weight is 520 g/mol. The fourth-order valence-electron chi connectivity index (χ4n) is 5.54. The van der Waals surface area contributed by atoms with Crippen molar-refractivity contribution in [2.24, 2.45) is 5.92 Å². The highest BCUT2D eigenvalue weighted by molar-refractivity contribution is 5.96. The number of para-hydroxylation sites is 1. The van der Waals surface area contributed by atoms with E-state index in [1.807, 2.05) is 0 Å². The summed E-state index contributed by atoms with van der Waals surface area (Å²) in [5, 5.41) is 5.09. The van der Waals surface area contributed by atoms with E-state index in [0.717, 1.165) is 77.7 Å². The first-order chi connectivity index (χ1) is 18.7. The molecular formula is C30H41N5O3. The lowest BCUT2D eigenvalue weighted by molar-refractivity contribution is -0.155. The van der Waals surface area contributed by atoms with Gasteiger partial charge in [0.25, 0.3) is 0 Å². The lowest BCUT2D eigenvalue weighted by Gasteiger charge is -2.32. The number of carbonyl (C=O) groups is 1. The zero-order valence-electron chi connectivity index (χ0n) is 22.6. The fourth-order valence-corrected chi connectivity index (χ4v) is 5.54. The number of piperidine rings is 1. The summed E-state index contributed by atoms with van der Waals surface area (Å²) in [6.07, 6.45) is 12.7. The first-order valence-electron chi connectivity index (χ1n) is 14.3. The number of carbonyl (C=O) groups excluding carboxylic acids is 1. The number of aryl methyl sites for hydroxylation is 1. The van der Waals surface area contributed by atoms with Crippen LogP contribution in [-0.4, -0.2) is 66.0 Å². The van der Waals surface area contributed by atoms with Crippen LogP contribution in [0, 0.1) is 5.92 Å². The highest BCUT2D eigenvalue weighted by Gasteiger charge is 2.22. The van der Waals surface area contributed by atoms with Gasteiger partial charge in [-0.15, -0.1) is 0 Å². The fraction of sp³-hybridized carbons (Fsp3) is 0.567. The van der Waals surface area contributed by atoms with E-state index in [-0.39, 0.29) is 18.7 Å². The van der Waals surface area contributed by atoms with Crippen LogP contribution in [0.1, 0.15) is 61.4 Å². The zero-order valence-corrected chi connectivity index (χ0v) is 22.6. The maximum Gasteiger partial charge on any atom is 0.225 e. The monoisotopic (exact) mass is 519 g/mol. The molecule has 2 fully saturated rings. The van der Waals surface area contributed by atoms with Crippen molar-refractivity contribution < 1.29 is 14.3 Å². The quantitative estimate of drug-likeness (QED) is 0.276. The maximum absolute atomic E-state index is 12.4. The molecule has 0 bridgehead atoms. The number of ketones is 1. The first kappa shape index (κ1) is 26.8. The van der Waals surface area contributed by atoms with Crippen molar-refractivity contribution in [3.05, 3.63) is 54.0 Å². The summed E-state index contributed by atoms with van der Waals surface area (Å²) in [7, 11) is 0. The zero-order chi connectivity index (χ0) is 26.2. The van der Waals surface area contributed by atoms with Crippen molar-refractivity contribution in [3.63, 3.8) is 0 Å². The number of hydrogen-bond acceptors (Lipinski definition) is 7. The standard InChI is InChI=1S/C30H41N5O3/c1-2-14-35-21-24(26-7-3-4-8-27(26)35)10-13-31-18-23-11-15-34(16-12-23)30-32-19-25(20-33-30)28(36)22-38-29-9-5-6-17-37-29/h3-4,7-8,19-21,23,29,31H,2,5-6,9-18,22H2,1H3. The van der Waals surface area contributed by atoms with Gasteiger partial charge >= 0.3 is 0 Å². The van der Waals surface area contributed by atoms with Crippen LogP contribution in [0.2, 0.25) is 0 Å². The average Bonchev–Trinajstić information content (AvgIpc) is 3.32. The maximum atomic E-state index is 12.4. The molecule has 0 spiro atoms. The smallest absolute Gasteiger partial charge is 0.225 e. The molecule has 1 unspecified atom stereocenters. The lowest BCUT2D eigenvalue weighted by Crippen LogP contribution is -2.38. The normalized spacial score (nSPS) is 18.8. The van der Waals surface area contributed by atoms with E-state index in [1.54, 1.807) is 12.4 Å². The number of benzene rings is 1. The summed E-state index contributed by atoms with van der Waals surface area (Å²) in [6.45, 7) is 7.92. The van der Waals surface area contributed by atoms with E-state index in [1.165, 1.54) is 16.5 Å². The SMILES string of the molecule is CCCn1cc(CCNCC2CCN(c3ncc(C(=O)COC4CCCCO4)cn3)CC2)c2ccccc21. The van der Waals surface area contributed by atoms with E-state index < -0.39 is 0 Å². The number of anilines is 1. The molecule has 38 heavy (non-hydrogen) atoms. The molecule has 1 N–H and O–H groups in total. The third-order valence-electron chi connectivity index (χ3n) is 7.74. The minimum Gasteiger partial charge on any atom is -0.353 e. The number of nitrogens with one attached hydrogen (secondary N) is 1. The van der Waals surface area contributed by atoms with E-state index >= 15 is 0 Å². The molecule has 3 aromatic rings. The molecule has 5 rings (SSSR count). The van der Waals surface area contributed by atoms with Crippen LogP contribution in [0.15, 0.2) is 42.9 Å². The van der Waals surface area contributed by atoms with Gasteiger partial charge in [-0.3, -0.25) is 4.79 Å². The highest BCUT2D eigenvalue weighted by Crippen LogP contribution is 2.23. The Bertz CT molecular complexity index is 1160. The van der Waals surface area contributed by atoms with Crippen molar-refractivity contribution >= 4 is 22.6 Å². The molecule has 0 saturated carbocycles. The summed E-state index contributed by atoms with van der Waals surface area (Å²) in [6, 6.07) is 8.75. The van der Waals surface area contributed by atoms with Gasteiger partial charge in [-0.05, 0) is 75.6 Å². The van der Waals surface area contributed by atoms with Gasteiger partial charge in [0.1, 0.15) is 6.61 Å². The summed E-state index contributed by atoms with van der Waals surface area (Å²) < 4.78 is 13.5.